The molecule has 0 aliphatic heterocycles. The van der Waals surface area contributed by atoms with Crippen LogP contribution in [0.5, 0.6) is 0 Å². The first kappa shape index (κ1) is 11.1. The number of nitrogen functional groups attached to an aromatic ring is 1. The molecule has 96 valence electrons. The molecular weight excluding hydrogens is 246 g/mol. The Hall–Kier alpha value is -2.97. The summed E-state index contributed by atoms with van der Waals surface area (Å²) in [5, 5.41) is 7.05. The van der Waals surface area contributed by atoms with Gasteiger partial charge in [0.25, 0.3) is 0 Å². The molecule has 3 aromatic heterocycles. The third-order valence-electron chi connectivity index (χ3n) is 2.34. The quantitative estimate of drug-likeness (QED) is 0.685. The Labute approximate surface area is 108 Å². The maximum Gasteiger partial charge on any atom is 0.241 e. The molecule has 0 saturated heterocycles. The highest BCUT2D eigenvalue weighted by molar-refractivity contribution is 5.51. The fraction of sp³-hybridized carbons (Fsp3) is 0.100. The van der Waals surface area contributed by atoms with Crippen LogP contribution in [0.3, 0.4) is 0 Å². The summed E-state index contributed by atoms with van der Waals surface area (Å²) in [6, 6.07) is 0. The highest BCUT2D eigenvalue weighted by atomic mass is 15.3. The molecule has 3 aromatic rings. The summed E-state index contributed by atoms with van der Waals surface area (Å²) >= 11 is 0. The van der Waals surface area contributed by atoms with Gasteiger partial charge in [0.15, 0.2) is 0 Å². The lowest BCUT2D eigenvalue weighted by Crippen LogP contribution is -2.08. The Morgan fingerprint density at radius 1 is 1.26 bits per heavy atom. The summed E-state index contributed by atoms with van der Waals surface area (Å²) in [4.78, 5) is 16.2. The third kappa shape index (κ3) is 2.34. The van der Waals surface area contributed by atoms with Crippen molar-refractivity contribution in [3.05, 3.63) is 31.1 Å². The van der Waals surface area contributed by atoms with Crippen molar-refractivity contribution in [2.75, 3.05) is 11.1 Å². The van der Waals surface area contributed by atoms with Crippen LogP contribution in [-0.4, -0.2) is 34.3 Å². The van der Waals surface area contributed by atoms with Crippen molar-refractivity contribution >= 4 is 17.6 Å². The van der Waals surface area contributed by atoms with Gasteiger partial charge in [-0.2, -0.15) is 20.1 Å². The van der Waals surface area contributed by atoms with Crippen molar-refractivity contribution in [3.63, 3.8) is 0 Å². The monoisotopic (exact) mass is 257 g/mol. The molecule has 0 atom stereocenters. The van der Waals surface area contributed by atoms with E-state index >= 15 is 0 Å². The van der Waals surface area contributed by atoms with Crippen LogP contribution in [0.15, 0.2) is 31.1 Å². The minimum atomic E-state index is 0.130. The number of hydrogen-bond donors (Lipinski definition) is 2. The number of aryl methyl sites for hydroxylation is 1. The zero-order valence-electron chi connectivity index (χ0n) is 10.1. The average Bonchev–Trinajstić information content (AvgIpc) is 3.00. The SMILES string of the molecule is Cn1cc(Nc2nc(N)nc(-n3ccnc3)n2)cn1. The van der Waals surface area contributed by atoms with Crippen molar-refractivity contribution in [3.8, 4) is 5.95 Å². The molecule has 3 rings (SSSR count). The van der Waals surface area contributed by atoms with Gasteiger partial charge in [0.05, 0.1) is 11.9 Å². The molecule has 19 heavy (non-hydrogen) atoms. The van der Waals surface area contributed by atoms with Crippen LogP contribution in [0.4, 0.5) is 17.6 Å². The Kier molecular flexibility index (Phi) is 2.56. The maximum atomic E-state index is 5.67. The lowest BCUT2D eigenvalue weighted by atomic mass is 10.6. The summed E-state index contributed by atoms with van der Waals surface area (Å²) in [5.41, 5.74) is 6.44. The van der Waals surface area contributed by atoms with Crippen LogP contribution in [0.1, 0.15) is 0 Å². The Bertz CT molecular complexity index is 685. The molecule has 9 heteroatoms. The van der Waals surface area contributed by atoms with Gasteiger partial charge in [-0.15, -0.1) is 0 Å². The topological polar surface area (TPSA) is 112 Å². The summed E-state index contributed by atoms with van der Waals surface area (Å²) in [6.45, 7) is 0. The van der Waals surface area contributed by atoms with E-state index in [0.29, 0.717) is 11.9 Å². The molecule has 0 bridgehead atoms. The molecule has 0 fully saturated rings. The van der Waals surface area contributed by atoms with E-state index in [4.69, 9.17) is 5.73 Å². The first-order valence-corrected chi connectivity index (χ1v) is 5.46. The van der Waals surface area contributed by atoms with E-state index < -0.39 is 0 Å². The van der Waals surface area contributed by atoms with Crippen molar-refractivity contribution in [1.29, 1.82) is 0 Å². The number of imidazole rings is 1. The van der Waals surface area contributed by atoms with Crippen molar-refractivity contribution in [1.82, 2.24) is 34.3 Å². The summed E-state index contributed by atoms with van der Waals surface area (Å²) in [7, 11) is 1.82. The first-order chi connectivity index (χ1) is 9.20. The van der Waals surface area contributed by atoms with E-state index in [1.807, 2.05) is 7.05 Å². The van der Waals surface area contributed by atoms with Gasteiger partial charge in [-0.1, -0.05) is 0 Å². The van der Waals surface area contributed by atoms with Gasteiger partial charge in [0.2, 0.25) is 17.8 Å². The molecular formula is C10H11N9. The van der Waals surface area contributed by atoms with E-state index in [-0.39, 0.29) is 5.95 Å². The van der Waals surface area contributed by atoms with Gasteiger partial charge in [-0.25, -0.2) is 4.98 Å². The normalized spacial score (nSPS) is 10.6. The molecule has 3 heterocycles. The lowest BCUT2D eigenvalue weighted by Gasteiger charge is -2.05. The maximum absolute atomic E-state index is 5.67. The number of anilines is 3. The minimum absolute atomic E-state index is 0.130. The molecule has 9 nitrogen and oxygen atoms in total. The van der Waals surface area contributed by atoms with Crippen LogP contribution in [0, 0.1) is 0 Å². The summed E-state index contributed by atoms with van der Waals surface area (Å²) in [5.74, 6) is 0.880. The van der Waals surface area contributed by atoms with Crippen molar-refractivity contribution in [2.24, 2.45) is 7.05 Å². The summed E-state index contributed by atoms with van der Waals surface area (Å²) in [6.07, 6.45) is 8.41. The Balaban J connectivity index is 1.94. The van der Waals surface area contributed by atoms with Crippen LogP contribution < -0.4 is 11.1 Å². The highest BCUT2D eigenvalue weighted by Gasteiger charge is 2.07. The summed E-state index contributed by atoms with van der Waals surface area (Å²) < 4.78 is 3.32. The minimum Gasteiger partial charge on any atom is -0.368 e. The zero-order chi connectivity index (χ0) is 13.2. The number of aromatic nitrogens is 7. The zero-order valence-corrected chi connectivity index (χ0v) is 10.1. The average molecular weight is 257 g/mol. The number of rotatable bonds is 3. The molecule has 3 N–H and O–H groups in total. The molecule has 0 spiro atoms. The number of nitrogens with one attached hydrogen (secondary N) is 1. The van der Waals surface area contributed by atoms with Gasteiger partial charge in [0.1, 0.15) is 6.33 Å². The van der Waals surface area contributed by atoms with Crippen LogP contribution >= 0.6 is 0 Å². The second-order valence-corrected chi connectivity index (χ2v) is 3.81. The lowest BCUT2D eigenvalue weighted by molar-refractivity contribution is 0.768. The van der Waals surface area contributed by atoms with Gasteiger partial charge in [-0.05, 0) is 0 Å². The smallest absolute Gasteiger partial charge is 0.241 e. The van der Waals surface area contributed by atoms with Crippen LogP contribution in [0.2, 0.25) is 0 Å². The third-order valence-corrected chi connectivity index (χ3v) is 2.34. The molecule has 0 aromatic carbocycles. The largest absolute Gasteiger partial charge is 0.368 e. The van der Waals surface area contributed by atoms with E-state index in [0.717, 1.165) is 5.69 Å². The van der Waals surface area contributed by atoms with Crippen LogP contribution in [0.25, 0.3) is 5.95 Å². The molecule has 0 aliphatic carbocycles. The van der Waals surface area contributed by atoms with Crippen molar-refractivity contribution < 1.29 is 0 Å². The van der Waals surface area contributed by atoms with E-state index in [1.54, 1.807) is 40.4 Å². The van der Waals surface area contributed by atoms with E-state index in [9.17, 15) is 0 Å². The van der Waals surface area contributed by atoms with E-state index in [2.05, 4.69) is 30.4 Å². The van der Waals surface area contributed by atoms with Gasteiger partial charge in [-0.3, -0.25) is 9.25 Å². The first-order valence-electron chi connectivity index (χ1n) is 5.46. The highest BCUT2D eigenvalue weighted by Crippen LogP contribution is 2.13. The fourth-order valence-corrected chi connectivity index (χ4v) is 1.54. The van der Waals surface area contributed by atoms with E-state index in [1.165, 1.54) is 0 Å². The Morgan fingerprint density at radius 3 is 2.84 bits per heavy atom. The second-order valence-electron chi connectivity index (χ2n) is 3.81. The fourth-order valence-electron chi connectivity index (χ4n) is 1.54. The molecule has 0 amide bonds. The molecule has 0 radical (unpaired) electrons. The predicted molar refractivity (Wildman–Crippen MR) is 67.9 cm³/mol. The van der Waals surface area contributed by atoms with Gasteiger partial charge in [0, 0.05) is 25.6 Å². The second kappa shape index (κ2) is 4.37. The molecule has 0 aliphatic rings. The van der Waals surface area contributed by atoms with Gasteiger partial charge < -0.3 is 11.1 Å². The van der Waals surface area contributed by atoms with Crippen LogP contribution in [-0.2, 0) is 7.05 Å². The molecule has 0 saturated carbocycles. The standard InChI is InChI=1S/C10H11N9/c1-18-5-7(4-13-18)14-9-15-8(11)16-10(17-9)19-3-2-12-6-19/h2-6H,1H3,(H3,11,14,15,16,17). The Morgan fingerprint density at radius 2 is 2.16 bits per heavy atom. The number of hydrogen-bond acceptors (Lipinski definition) is 7. The van der Waals surface area contributed by atoms with Gasteiger partial charge >= 0.3 is 0 Å². The number of nitrogens with two attached hydrogens (primary N) is 1. The predicted octanol–water partition coefficient (Wildman–Crippen LogP) is 0.117. The van der Waals surface area contributed by atoms with Crippen molar-refractivity contribution in [2.45, 2.75) is 0 Å². The number of nitrogens with zero attached hydrogens (tertiary/aromatic N) is 7. The molecule has 0 unspecified atom stereocenters.